The third-order valence-corrected chi connectivity index (χ3v) is 4.84. The molecule has 0 aliphatic carbocycles. The summed E-state index contributed by atoms with van der Waals surface area (Å²) < 4.78 is 15.2. The third kappa shape index (κ3) is 3.71. The van der Waals surface area contributed by atoms with Crippen LogP contribution < -0.4 is 9.47 Å². The molecule has 1 atom stereocenters. The van der Waals surface area contributed by atoms with Gasteiger partial charge in [-0.05, 0) is 17.7 Å². The predicted octanol–water partition coefficient (Wildman–Crippen LogP) is 2.30. The monoisotopic (exact) mass is 411 g/mol. The van der Waals surface area contributed by atoms with Crippen LogP contribution in [0.5, 0.6) is 11.5 Å². The number of Topliss-reactive ketones (excluding diaryl/α,β-unsaturated/α-hetero) is 1. The first-order valence-electron chi connectivity index (χ1n) is 9.05. The van der Waals surface area contributed by atoms with E-state index in [1.807, 2.05) is 0 Å². The summed E-state index contributed by atoms with van der Waals surface area (Å²) in [6, 6.07) is 12.2. The molecule has 2 aromatic carbocycles. The number of esters is 1. The summed E-state index contributed by atoms with van der Waals surface area (Å²) in [5, 5.41) is 10.9. The number of aliphatic hydroxyl groups excluding tert-OH is 1. The van der Waals surface area contributed by atoms with Crippen LogP contribution in [-0.2, 0) is 19.1 Å². The number of nitrogens with zero attached hydrogens (tertiary/aromatic N) is 1. The first kappa shape index (κ1) is 20.9. The average Bonchev–Trinajstić information content (AvgIpc) is 3.03. The van der Waals surface area contributed by atoms with Gasteiger partial charge in [0.2, 0.25) is 0 Å². The second-order valence-corrected chi connectivity index (χ2v) is 6.48. The van der Waals surface area contributed by atoms with E-state index < -0.39 is 30.2 Å². The fourth-order valence-electron chi connectivity index (χ4n) is 3.37. The number of hydrogen-bond acceptors (Lipinski definition) is 7. The molecule has 1 fully saturated rings. The van der Waals surface area contributed by atoms with Gasteiger partial charge in [-0.1, -0.05) is 36.4 Å². The zero-order chi connectivity index (χ0) is 21.8. The number of likely N-dealkylation sites (tertiary alicyclic amines) is 1. The zero-order valence-electron chi connectivity index (χ0n) is 16.7. The Balaban J connectivity index is 2.21. The Morgan fingerprint density at radius 3 is 2.27 bits per heavy atom. The molecule has 1 heterocycles. The molecule has 1 aliphatic heterocycles. The van der Waals surface area contributed by atoms with Crippen LogP contribution in [0.25, 0.3) is 5.76 Å². The highest BCUT2D eigenvalue weighted by Gasteiger charge is 2.47. The molecular formula is C22H21NO7. The summed E-state index contributed by atoms with van der Waals surface area (Å²) in [4.78, 5) is 38.6. The summed E-state index contributed by atoms with van der Waals surface area (Å²) in [7, 11) is 4.13. The summed E-state index contributed by atoms with van der Waals surface area (Å²) in [6.07, 6.45) is 0. The second-order valence-electron chi connectivity index (χ2n) is 6.48. The summed E-state index contributed by atoms with van der Waals surface area (Å²) in [5.74, 6) is -1.99. The summed E-state index contributed by atoms with van der Waals surface area (Å²) in [6.45, 7) is -0.453. The first-order chi connectivity index (χ1) is 14.4. The van der Waals surface area contributed by atoms with Gasteiger partial charge in [0.25, 0.3) is 11.7 Å². The Morgan fingerprint density at radius 1 is 1.00 bits per heavy atom. The van der Waals surface area contributed by atoms with Crippen molar-refractivity contribution in [2.45, 2.75) is 6.04 Å². The minimum Gasteiger partial charge on any atom is -0.507 e. The van der Waals surface area contributed by atoms with E-state index in [1.165, 1.54) is 21.3 Å². The van der Waals surface area contributed by atoms with Crippen molar-refractivity contribution in [1.82, 2.24) is 4.90 Å². The number of ether oxygens (including phenoxy) is 3. The lowest BCUT2D eigenvalue weighted by Crippen LogP contribution is -2.35. The van der Waals surface area contributed by atoms with E-state index in [-0.39, 0.29) is 11.3 Å². The number of benzene rings is 2. The van der Waals surface area contributed by atoms with Gasteiger partial charge >= 0.3 is 5.97 Å². The molecule has 3 rings (SSSR count). The molecule has 1 N–H and O–H groups in total. The topological polar surface area (TPSA) is 102 Å². The molecule has 8 heteroatoms. The van der Waals surface area contributed by atoms with Gasteiger partial charge in [0.05, 0.1) is 32.9 Å². The molecule has 30 heavy (non-hydrogen) atoms. The minimum atomic E-state index is -1.01. The van der Waals surface area contributed by atoms with Crippen molar-refractivity contribution in [3.63, 3.8) is 0 Å². The van der Waals surface area contributed by atoms with E-state index in [2.05, 4.69) is 4.74 Å². The number of hydrogen-bond donors (Lipinski definition) is 1. The van der Waals surface area contributed by atoms with E-state index in [0.717, 1.165) is 4.90 Å². The lowest BCUT2D eigenvalue weighted by molar-refractivity contribution is -0.148. The second kappa shape index (κ2) is 8.69. The maximum absolute atomic E-state index is 12.8. The van der Waals surface area contributed by atoms with Gasteiger partial charge in [-0.25, -0.2) is 0 Å². The Morgan fingerprint density at radius 2 is 1.67 bits per heavy atom. The van der Waals surface area contributed by atoms with Gasteiger partial charge in [-0.2, -0.15) is 0 Å². The van der Waals surface area contributed by atoms with Crippen molar-refractivity contribution >= 4 is 23.4 Å². The quantitative estimate of drug-likeness (QED) is 0.337. The highest BCUT2D eigenvalue weighted by molar-refractivity contribution is 6.46. The largest absolute Gasteiger partial charge is 0.507 e. The molecule has 0 spiro atoms. The highest BCUT2D eigenvalue weighted by Crippen LogP contribution is 2.41. The fourth-order valence-corrected chi connectivity index (χ4v) is 3.37. The summed E-state index contributed by atoms with van der Waals surface area (Å²) >= 11 is 0. The maximum atomic E-state index is 12.8. The van der Waals surface area contributed by atoms with Crippen LogP contribution in [0.15, 0.2) is 54.1 Å². The molecule has 1 unspecified atom stereocenters. The highest BCUT2D eigenvalue weighted by atomic mass is 16.5. The molecule has 0 radical (unpaired) electrons. The molecule has 1 saturated heterocycles. The van der Waals surface area contributed by atoms with Gasteiger partial charge in [0.1, 0.15) is 12.3 Å². The molecule has 1 amide bonds. The number of aliphatic hydroxyl groups is 1. The Labute approximate surface area is 173 Å². The molecule has 156 valence electrons. The number of rotatable bonds is 6. The Hall–Kier alpha value is -3.81. The lowest BCUT2D eigenvalue weighted by Gasteiger charge is -2.25. The molecule has 8 nitrogen and oxygen atoms in total. The standard InChI is InChI=1S/C22H21NO7/c1-28-15-10-9-14(11-16(15)29-2)19-18(20(25)13-7-5-4-6-8-13)21(26)22(27)23(19)12-17(24)30-3/h4-11,19,25H,12H2,1-3H3. The van der Waals surface area contributed by atoms with E-state index >= 15 is 0 Å². The molecule has 0 saturated carbocycles. The van der Waals surface area contributed by atoms with Crippen LogP contribution in [0.3, 0.4) is 0 Å². The first-order valence-corrected chi connectivity index (χ1v) is 9.05. The van der Waals surface area contributed by atoms with Gasteiger partial charge in [-0.3, -0.25) is 14.4 Å². The molecule has 2 aromatic rings. The average molecular weight is 411 g/mol. The van der Waals surface area contributed by atoms with Gasteiger partial charge < -0.3 is 24.2 Å². The van der Waals surface area contributed by atoms with E-state index in [4.69, 9.17) is 9.47 Å². The van der Waals surface area contributed by atoms with Crippen LogP contribution in [0.1, 0.15) is 17.2 Å². The number of ketones is 1. The molecule has 0 bridgehead atoms. The number of carbonyl (C=O) groups excluding carboxylic acids is 3. The van der Waals surface area contributed by atoms with Crippen LogP contribution in [0, 0.1) is 0 Å². The van der Waals surface area contributed by atoms with Crippen molar-refractivity contribution in [3.05, 3.63) is 65.2 Å². The van der Waals surface area contributed by atoms with Gasteiger partial charge in [-0.15, -0.1) is 0 Å². The molecule has 0 aromatic heterocycles. The molecule has 1 aliphatic rings. The van der Waals surface area contributed by atoms with E-state index in [9.17, 15) is 19.5 Å². The van der Waals surface area contributed by atoms with Crippen LogP contribution in [-0.4, -0.2) is 55.5 Å². The Kier molecular flexibility index (Phi) is 6.06. The molecular weight excluding hydrogens is 390 g/mol. The predicted molar refractivity (Wildman–Crippen MR) is 107 cm³/mol. The third-order valence-electron chi connectivity index (χ3n) is 4.84. The van der Waals surface area contributed by atoms with Crippen LogP contribution in [0.2, 0.25) is 0 Å². The van der Waals surface area contributed by atoms with Crippen molar-refractivity contribution < 1.29 is 33.7 Å². The van der Waals surface area contributed by atoms with E-state index in [0.29, 0.717) is 22.6 Å². The smallest absolute Gasteiger partial charge is 0.325 e. The number of carbonyl (C=O) groups is 3. The lowest BCUT2D eigenvalue weighted by atomic mass is 9.95. The van der Waals surface area contributed by atoms with Crippen LogP contribution >= 0.6 is 0 Å². The SMILES string of the molecule is COC(=O)CN1C(=O)C(=O)C(=C(O)c2ccccc2)C1c1ccc(OC)c(OC)c1. The summed E-state index contributed by atoms with van der Waals surface area (Å²) in [5.41, 5.74) is 0.717. The number of methoxy groups -OCH3 is 3. The van der Waals surface area contributed by atoms with E-state index in [1.54, 1.807) is 48.5 Å². The van der Waals surface area contributed by atoms with Crippen molar-refractivity contribution in [2.75, 3.05) is 27.9 Å². The minimum absolute atomic E-state index is 0.123. The number of amides is 1. The maximum Gasteiger partial charge on any atom is 0.325 e. The van der Waals surface area contributed by atoms with Crippen molar-refractivity contribution in [1.29, 1.82) is 0 Å². The normalized spacial score (nSPS) is 17.7. The van der Waals surface area contributed by atoms with Gasteiger partial charge in [0.15, 0.2) is 11.5 Å². The fraction of sp³-hybridized carbons (Fsp3) is 0.227. The zero-order valence-corrected chi connectivity index (χ0v) is 16.7. The Bertz CT molecular complexity index is 1010. The van der Waals surface area contributed by atoms with Crippen LogP contribution in [0.4, 0.5) is 0 Å². The van der Waals surface area contributed by atoms with Gasteiger partial charge in [0, 0.05) is 5.56 Å². The van der Waals surface area contributed by atoms with Crippen molar-refractivity contribution in [3.8, 4) is 11.5 Å². The van der Waals surface area contributed by atoms with Crippen molar-refractivity contribution in [2.24, 2.45) is 0 Å².